The Kier molecular flexibility index (Phi) is 6.80. The highest BCUT2D eigenvalue weighted by molar-refractivity contribution is 6.05. The van der Waals surface area contributed by atoms with Gasteiger partial charge in [-0.15, -0.1) is 0 Å². The SMILES string of the molecule is CN(CCCCCCN)Cc1ccc2c(c1)CN(C1CCC(=O)NC1=O)C2=O. The first-order valence-electron chi connectivity index (χ1n) is 10.1. The molecule has 0 aliphatic carbocycles. The highest BCUT2D eigenvalue weighted by Crippen LogP contribution is 2.28. The van der Waals surface area contributed by atoms with Crippen LogP contribution in [0.4, 0.5) is 0 Å². The number of nitrogens with two attached hydrogens (primary N) is 1. The van der Waals surface area contributed by atoms with Gasteiger partial charge >= 0.3 is 0 Å². The maximum absolute atomic E-state index is 12.7. The molecule has 7 heteroatoms. The lowest BCUT2D eigenvalue weighted by atomic mass is 10.0. The van der Waals surface area contributed by atoms with Crippen LogP contribution in [0.3, 0.4) is 0 Å². The van der Waals surface area contributed by atoms with E-state index in [2.05, 4.69) is 23.3 Å². The molecule has 0 bridgehead atoms. The predicted octanol–water partition coefficient (Wildman–Crippen LogP) is 1.40. The Hall–Kier alpha value is -2.25. The summed E-state index contributed by atoms with van der Waals surface area (Å²) >= 11 is 0. The van der Waals surface area contributed by atoms with Crippen LogP contribution in [0.15, 0.2) is 18.2 Å². The van der Waals surface area contributed by atoms with Crippen molar-refractivity contribution in [1.82, 2.24) is 15.1 Å². The average Bonchev–Trinajstić information content (AvgIpc) is 2.97. The molecule has 0 saturated carbocycles. The van der Waals surface area contributed by atoms with E-state index in [4.69, 9.17) is 5.73 Å². The van der Waals surface area contributed by atoms with Crippen molar-refractivity contribution in [2.45, 2.75) is 57.7 Å². The van der Waals surface area contributed by atoms with E-state index in [1.54, 1.807) is 4.90 Å². The second-order valence-electron chi connectivity index (χ2n) is 7.83. The number of hydrogen-bond acceptors (Lipinski definition) is 5. The molecule has 28 heavy (non-hydrogen) atoms. The van der Waals surface area contributed by atoms with Gasteiger partial charge in [-0.25, -0.2) is 0 Å². The summed E-state index contributed by atoms with van der Waals surface area (Å²) in [5, 5.41) is 2.34. The first kappa shape index (κ1) is 20.5. The van der Waals surface area contributed by atoms with Crippen LogP contribution in [-0.2, 0) is 22.7 Å². The second-order valence-corrected chi connectivity index (χ2v) is 7.83. The molecule has 3 amide bonds. The summed E-state index contributed by atoms with van der Waals surface area (Å²) in [6.45, 7) is 3.05. The number of fused-ring (bicyclic) bond motifs is 1. The highest BCUT2D eigenvalue weighted by atomic mass is 16.2. The molecule has 0 spiro atoms. The molecule has 1 aromatic rings. The summed E-state index contributed by atoms with van der Waals surface area (Å²) in [5.41, 5.74) is 8.32. The smallest absolute Gasteiger partial charge is 0.255 e. The van der Waals surface area contributed by atoms with E-state index in [9.17, 15) is 14.4 Å². The third-order valence-electron chi connectivity index (χ3n) is 5.53. The van der Waals surface area contributed by atoms with Gasteiger partial charge in [-0.2, -0.15) is 0 Å². The van der Waals surface area contributed by atoms with E-state index < -0.39 is 6.04 Å². The lowest BCUT2D eigenvalue weighted by Crippen LogP contribution is -2.52. The third-order valence-corrected chi connectivity index (χ3v) is 5.53. The minimum Gasteiger partial charge on any atom is -0.330 e. The number of nitrogens with zero attached hydrogens (tertiary/aromatic N) is 2. The molecule has 1 unspecified atom stereocenters. The summed E-state index contributed by atoms with van der Waals surface area (Å²) in [7, 11) is 2.11. The van der Waals surface area contributed by atoms with Crippen molar-refractivity contribution in [2.24, 2.45) is 5.73 Å². The normalized spacial score (nSPS) is 19.3. The Morgan fingerprint density at radius 3 is 2.71 bits per heavy atom. The summed E-state index contributed by atoms with van der Waals surface area (Å²) in [5.74, 6) is -0.755. The molecule has 2 aliphatic heterocycles. The quantitative estimate of drug-likeness (QED) is 0.494. The Labute approximate surface area is 166 Å². The summed E-state index contributed by atoms with van der Waals surface area (Å²) in [6, 6.07) is 5.38. The number of imide groups is 1. The molecule has 2 heterocycles. The number of carbonyl (C=O) groups is 3. The van der Waals surface area contributed by atoms with E-state index in [0.29, 0.717) is 18.5 Å². The van der Waals surface area contributed by atoms with E-state index in [0.717, 1.165) is 38.0 Å². The van der Waals surface area contributed by atoms with Gasteiger partial charge in [0.1, 0.15) is 6.04 Å². The van der Waals surface area contributed by atoms with Crippen LogP contribution < -0.4 is 11.1 Å². The van der Waals surface area contributed by atoms with Gasteiger partial charge in [-0.1, -0.05) is 25.0 Å². The van der Waals surface area contributed by atoms with Crippen LogP contribution in [0.2, 0.25) is 0 Å². The number of carbonyl (C=O) groups excluding carboxylic acids is 3. The summed E-state index contributed by atoms with van der Waals surface area (Å²) < 4.78 is 0. The van der Waals surface area contributed by atoms with Crippen LogP contribution in [0.5, 0.6) is 0 Å². The van der Waals surface area contributed by atoms with Gasteiger partial charge in [0.15, 0.2) is 0 Å². The van der Waals surface area contributed by atoms with Crippen molar-refractivity contribution < 1.29 is 14.4 Å². The number of rotatable bonds is 9. The Morgan fingerprint density at radius 2 is 1.96 bits per heavy atom. The van der Waals surface area contributed by atoms with Gasteiger partial charge < -0.3 is 15.5 Å². The summed E-state index contributed by atoms with van der Waals surface area (Å²) in [6.07, 6.45) is 5.29. The third kappa shape index (κ3) is 4.77. The fourth-order valence-electron chi connectivity index (χ4n) is 4.00. The number of benzene rings is 1. The number of piperidine rings is 1. The van der Waals surface area contributed by atoms with Crippen molar-refractivity contribution in [2.75, 3.05) is 20.1 Å². The highest BCUT2D eigenvalue weighted by Gasteiger charge is 2.39. The molecule has 1 aromatic carbocycles. The van der Waals surface area contributed by atoms with E-state index in [1.165, 1.54) is 18.4 Å². The number of unbranched alkanes of at least 4 members (excludes halogenated alkanes) is 3. The second kappa shape index (κ2) is 9.30. The molecule has 1 atom stereocenters. The van der Waals surface area contributed by atoms with Gasteiger partial charge in [0.05, 0.1) is 0 Å². The standard InChI is InChI=1S/C21H30N4O3/c1-24(11-5-3-2-4-10-22)13-15-6-7-17-16(12-15)14-25(21(17)28)18-8-9-19(26)23-20(18)27/h6-7,12,18H,2-5,8-11,13-14,22H2,1H3,(H,23,26,27). The Balaban J connectivity index is 1.57. The Morgan fingerprint density at radius 1 is 1.18 bits per heavy atom. The van der Waals surface area contributed by atoms with Gasteiger partial charge in [-0.05, 0) is 56.6 Å². The van der Waals surface area contributed by atoms with Gasteiger partial charge in [0, 0.05) is 25.1 Å². The van der Waals surface area contributed by atoms with E-state index >= 15 is 0 Å². The molecule has 152 valence electrons. The zero-order chi connectivity index (χ0) is 20.1. The average molecular weight is 386 g/mol. The zero-order valence-corrected chi connectivity index (χ0v) is 16.6. The largest absolute Gasteiger partial charge is 0.330 e. The van der Waals surface area contributed by atoms with Crippen LogP contribution in [0.25, 0.3) is 0 Å². The molecular formula is C21H30N4O3. The van der Waals surface area contributed by atoms with Crippen LogP contribution in [-0.4, -0.2) is 53.7 Å². The minimum atomic E-state index is -0.558. The monoisotopic (exact) mass is 386 g/mol. The first-order chi connectivity index (χ1) is 13.5. The molecule has 1 saturated heterocycles. The van der Waals surface area contributed by atoms with Crippen molar-refractivity contribution in [3.05, 3.63) is 34.9 Å². The van der Waals surface area contributed by atoms with Gasteiger partial charge in [0.2, 0.25) is 11.8 Å². The molecule has 0 radical (unpaired) electrons. The molecule has 3 rings (SSSR count). The maximum Gasteiger partial charge on any atom is 0.255 e. The van der Waals surface area contributed by atoms with Crippen molar-refractivity contribution in [3.8, 4) is 0 Å². The molecule has 2 aliphatic rings. The summed E-state index contributed by atoms with van der Waals surface area (Å²) in [4.78, 5) is 40.1. The number of amides is 3. The van der Waals surface area contributed by atoms with Gasteiger partial charge in [-0.3, -0.25) is 19.7 Å². The van der Waals surface area contributed by atoms with Crippen LogP contribution >= 0.6 is 0 Å². The van der Waals surface area contributed by atoms with Crippen LogP contribution in [0, 0.1) is 0 Å². The lowest BCUT2D eigenvalue weighted by molar-refractivity contribution is -0.136. The topological polar surface area (TPSA) is 95.7 Å². The predicted molar refractivity (Wildman–Crippen MR) is 106 cm³/mol. The molecular weight excluding hydrogens is 356 g/mol. The zero-order valence-electron chi connectivity index (χ0n) is 16.6. The minimum absolute atomic E-state index is 0.121. The van der Waals surface area contributed by atoms with Gasteiger partial charge in [0.25, 0.3) is 5.91 Å². The number of nitrogens with one attached hydrogen (secondary N) is 1. The molecule has 3 N–H and O–H groups in total. The maximum atomic E-state index is 12.7. The fraction of sp³-hybridized carbons (Fsp3) is 0.571. The van der Waals surface area contributed by atoms with Crippen molar-refractivity contribution in [3.63, 3.8) is 0 Å². The van der Waals surface area contributed by atoms with Crippen LogP contribution in [0.1, 0.15) is 60.0 Å². The number of hydrogen-bond donors (Lipinski definition) is 2. The lowest BCUT2D eigenvalue weighted by Gasteiger charge is -2.29. The molecule has 0 aromatic heterocycles. The van der Waals surface area contributed by atoms with E-state index in [1.807, 2.05) is 12.1 Å². The first-order valence-corrected chi connectivity index (χ1v) is 10.1. The van der Waals surface area contributed by atoms with Crippen molar-refractivity contribution >= 4 is 17.7 Å². The Bertz CT molecular complexity index is 749. The van der Waals surface area contributed by atoms with E-state index in [-0.39, 0.29) is 24.1 Å². The van der Waals surface area contributed by atoms with Crippen molar-refractivity contribution in [1.29, 1.82) is 0 Å². The fourth-order valence-corrected chi connectivity index (χ4v) is 4.00. The molecule has 1 fully saturated rings. The molecule has 7 nitrogen and oxygen atoms in total.